The van der Waals surface area contributed by atoms with Gasteiger partial charge in [-0.1, -0.05) is 18.2 Å². The molecule has 4 rings (SSSR count). The fourth-order valence-corrected chi connectivity index (χ4v) is 4.48. The number of benzene rings is 3. The fraction of sp³-hybridized carbons (Fsp3) is 0.0909. The number of fused-ring (bicyclic) bond motifs is 2. The first-order valence-corrected chi connectivity index (χ1v) is 10.3. The summed E-state index contributed by atoms with van der Waals surface area (Å²) in [7, 11) is 3.20. The molecular formula is C22H16Br2N2O3. The SMILES string of the molecule is CNc1ccc2c(-c3ccccc3C(=O)OC)c3ccc(=N)c(Br)c-3oc2c1Br. The molecule has 1 heterocycles. The van der Waals surface area contributed by atoms with Gasteiger partial charge in [-0.3, -0.25) is 5.41 Å². The number of esters is 1. The molecule has 146 valence electrons. The highest BCUT2D eigenvalue weighted by atomic mass is 79.9. The van der Waals surface area contributed by atoms with Crippen LogP contribution in [0.3, 0.4) is 0 Å². The van der Waals surface area contributed by atoms with Crippen molar-refractivity contribution in [2.45, 2.75) is 0 Å². The predicted molar refractivity (Wildman–Crippen MR) is 120 cm³/mol. The van der Waals surface area contributed by atoms with E-state index in [1.54, 1.807) is 18.2 Å². The zero-order chi connectivity index (χ0) is 20.7. The van der Waals surface area contributed by atoms with Crippen molar-refractivity contribution in [3.05, 3.63) is 68.4 Å². The van der Waals surface area contributed by atoms with Crippen LogP contribution in [0.5, 0.6) is 0 Å². The molecule has 5 nitrogen and oxygen atoms in total. The molecule has 29 heavy (non-hydrogen) atoms. The number of methoxy groups -OCH3 is 1. The molecule has 2 aromatic rings. The van der Waals surface area contributed by atoms with Gasteiger partial charge in [-0.2, -0.15) is 0 Å². The number of anilines is 1. The molecule has 0 fully saturated rings. The number of ether oxygens (including phenoxy) is 1. The van der Waals surface area contributed by atoms with Crippen LogP contribution in [0.1, 0.15) is 10.4 Å². The first-order chi connectivity index (χ1) is 14.0. The quantitative estimate of drug-likeness (QED) is 0.258. The van der Waals surface area contributed by atoms with Crippen molar-refractivity contribution < 1.29 is 13.9 Å². The average molecular weight is 516 g/mol. The van der Waals surface area contributed by atoms with Crippen molar-refractivity contribution in [3.63, 3.8) is 0 Å². The van der Waals surface area contributed by atoms with Crippen LogP contribution in [0.25, 0.3) is 33.4 Å². The van der Waals surface area contributed by atoms with Crippen LogP contribution in [-0.2, 0) is 4.74 Å². The minimum Gasteiger partial charge on any atom is -0.465 e. The molecule has 0 radical (unpaired) electrons. The minimum absolute atomic E-state index is 0.314. The van der Waals surface area contributed by atoms with Gasteiger partial charge in [-0.05, 0) is 67.8 Å². The van der Waals surface area contributed by atoms with E-state index in [9.17, 15) is 4.79 Å². The van der Waals surface area contributed by atoms with E-state index in [2.05, 4.69) is 37.2 Å². The summed E-state index contributed by atoms with van der Waals surface area (Å²) in [5, 5.41) is 12.4. The molecule has 0 bridgehead atoms. The van der Waals surface area contributed by atoms with Gasteiger partial charge in [0.25, 0.3) is 0 Å². The Balaban J connectivity index is 2.24. The normalized spacial score (nSPS) is 11.0. The second-order valence-electron chi connectivity index (χ2n) is 6.37. The molecule has 0 aromatic heterocycles. The first-order valence-electron chi connectivity index (χ1n) is 8.75. The van der Waals surface area contributed by atoms with Crippen molar-refractivity contribution >= 4 is 54.5 Å². The Morgan fingerprint density at radius 3 is 2.52 bits per heavy atom. The van der Waals surface area contributed by atoms with Crippen LogP contribution < -0.4 is 10.7 Å². The van der Waals surface area contributed by atoms with E-state index in [4.69, 9.17) is 14.6 Å². The Hall–Kier alpha value is -2.64. The van der Waals surface area contributed by atoms with Crippen LogP contribution in [0.15, 0.2) is 61.9 Å². The summed E-state index contributed by atoms with van der Waals surface area (Å²) in [6.45, 7) is 0. The van der Waals surface area contributed by atoms with Gasteiger partial charge in [0.2, 0.25) is 0 Å². The lowest BCUT2D eigenvalue weighted by Crippen LogP contribution is -2.07. The third-order valence-corrected chi connectivity index (χ3v) is 6.38. The monoisotopic (exact) mass is 514 g/mol. The minimum atomic E-state index is -0.412. The predicted octanol–water partition coefficient (Wildman–Crippen LogP) is 6.04. The number of carbonyl (C=O) groups is 1. The third-order valence-electron chi connectivity index (χ3n) is 4.81. The summed E-state index contributed by atoms with van der Waals surface area (Å²) >= 11 is 7.12. The molecule has 0 amide bonds. The van der Waals surface area contributed by atoms with Crippen LogP contribution >= 0.6 is 31.9 Å². The lowest BCUT2D eigenvalue weighted by atomic mass is 9.90. The molecule has 0 atom stereocenters. The summed E-state index contributed by atoms with van der Waals surface area (Å²) in [6, 6.07) is 14.8. The topological polar surface area (TPSA) is 75.3 Å². The van der Waals surface area contributed by atoms with E-state index in [1.807, 2.05) is 37.4 Å². The van der Waals surface area contributed by atoms with E-state index in [-0.39, 0.29) is 0 Å². The van der Waals surface area contributed by atoms with Gasteiger partial charge >= 0.3 is 5.97 Å². The van der Waals surface area contributed by atoms with Crippen LogP contribution in [0, 0.1) is 5.41 Å². The van der Waals surface area contributed by atoms with E-state index < -0.39 is 5.97 Å². The van der Waals surface area contributed by atoms with Crippen molar-refractivity contribution in [1.29, 1.82) is 5.41 Å². The molecule has 1 aliphatic carbocycles. The first kappa shape index (κ1) is 19.7. The Morgan fingerprint density at radius 2 is 1.79 bits per heavy atom. The number of nitrogens with one attached hydrogen (secondary N) is 2. The van der Waals surface area contributed by atoms with E-state index in [1.165, 1.54) is 7.11 Å². The maximum absolute atomic E-state index is 12.5. The number of halogens is 2. The van der Waals surface area contributed by atoms with E-state index in [0.29, 0.717) is 26.7 Å². The van der Waals surface area contributed by atoms with Gasteiger partial charge in [0.05, 0.1) is 32.7 Å². The molecular weight excluding hydrogens is 500 g/mol. The highest BCUT2D eigenvalue weighted by Crippen LogP contribution is 2.46. The highest BCUT2D eigenvalue weighted by molar-refractivity contribution is 9.11. The van der Waals surface area contributed by atoms with Crippen LogP contribution in [-0.4, -0.2) is 20.1 Å². The summed E-state index contributed by atoms with van der Waals surface area (Å²) < 4.78 is 12.6. The van der Waals surface area contributed by atoms with Gasteiger partial charge in [0.1, 0.15) is 0 Å². The van der Waals surface area contributed by atoms with E-state index in [0.717, 1.165) is 32.2 Å². The Kier molecular flexibility index (Phi) is 5.19. The molecule has 2 aromatic carbocycles. The molecule has 7 heteroatoms. The van der Waals surface area contributed by atoms with Crippen molar-refractivity contribution in [2.24, 2.45) is 0 Å². The molecule has 0 spiro atoms. The summed E-state index contributed by atoms with van der Waals surface area (Å²) in [4.78, 5) is 12.5. The second kappa shape index (κ2) is 7.65. The average Bonchev–Trinajstić information content (AvgIpc) is 2.75. The zero-order valence-corrected chi connectivity index (χ0v) is 18.8. The lowest BCUT2D eigenvalue weighted by Gasteiger charge is -2.19. The van der Waals surface area contributed by atoms with Gasteiger partial charge in [-0.25, -0.2) is 4.79 Å². The number of hydrogen-bond donors (Lipinski definition) is 2. The maximum atomic E-state index is 12.5. The largest absolute Gasteiger partial charge is 0.465 e. The van der Waals surface area contributed by atoms with Gasteiger partial charge in [0, 0.05) is 23.6 Å². The lowest BCUT2D eigenvalue weighted by molar-refractivity contribution is 0.0601. The van der Waals surface area contributed by atoms with Crippen molar-refractivity contribution in [3.8, 4) is 22.5 Å². The maximum Gasteiger partial charge on any atom is 0.338 e. The third kappa shape index (κ3) is 3.14. The Labute approximate surface area is 183 Å². The molecule has 0 unspecified atom stereocenters. The van der Waals surface area contributed by atoms with Crippen molar-refractivity contribution in [2.75, 3.05) is 19.5 Å². The van der Waals surface area contributed by atoms with E-state index >= 15 is 0 Å². The molecule has 1 aliphatic heterocycles. The summed E-state index contributed by atoms with van der Waals surface area (Å²) in [6.07, 6.45) is 0. The molecule has 0 saturated heterocycles. The van der Waals surface area contributed by atoms with Gasteiger partial charge in [0.15, 0.2) is 11.3 Å². The van der Waals surface area contributed by atoms with Gasteiger partial charge in [-0.15, -0.1) is 0 Å². The number of rotatable bonds is 3. The summed E-state index contributed by atoms with van der Waals surface area (Å²) in [5.41, 5.74) is 4.31. The Bertz CT molecular complexity index is 1300. The standard InChI is InChI=1S/C22H16Br2N2O3/c1-26-16-10-8-14-17(11-5-3-4-6-12(11)22(27)28-2)13-7-9-15(25)18(23)20(13)29-21(14)19(16)24/h3-10,25-26H,1-2H3. The Morgan fingerprint density at radius 1 is 1.03 bits per heavy atom. The van der Waals surface area contributed by atoms with Crippen LogP contribution in [0.2, 0.25) is 0 Å². The summed E-state index contributed by atoms with van der Waals surface area (Å²) in [5.74, 6) is 0.124. The zero-order valence-electron chi connectivity index (χ0n) is 15.6. The number of carbonyl (C=O) groups excluding carboxylic acids is 1. The van der Waals surface area contributed by atoms with Crippen molar-refractivity contribution in [1.82, 2.24) is 0 Å². The second-order valence-corrected chi connectivity index (χ2v) is 7.96. The molecule has 0 saturated carbocycles. The van der Waals surface area contributed by atoms with Crippen LogP contribution in [0.4, 0.5) is 5.69 Å². The molecule has 2 N–H and O–H groups in total. The molecule has 2 aliphatic rings. The fourth-order valence-electron chi connectivity index (χ4n) is 3.42. The van der Waals surface area contributed by atoms with Gasteiger partial charge < -0.3 is 14.5 Å². The smallest absolute Gasteiger partial charge is 0.338 e. The highest BCUT2D eigenvalue weighted by Gasteiger charge is 2.24. The number of hydrogen-bond acceptors (Lipinski definition) is 5.